The maximum atomic E-state index is 13.2. The summed E-state index contributed by atoms with van der Waals surface area (Å²) in [7, 11) is 1.78. The average Bonchev–Trinajstić information content (AvgIpc) is 3.41. The lowest BCUT2D eigenvalue weighted by Gasteiger charge is -2.24. The van der Waals surface area contributed by atoms with E-state index in [1.807, 2.05) is 20.8 Å². The monoisotopic (exact) mass is 475 g/mol. The highest BCUT2D eigenvalue weighted by molar-refractivity contribution is 7.99. The molecule has 0 atom stereocenters. The molecular weight excluding hydrogens is 446 g/mol. The fourth-order valence-electron chi connectivity index (χ4n) is 3.33. The third kappa shape index (κ3) is 5.38. The molecule has 0 fully saturated rings. The second kappa shape index (κ2) is 10.6. The van der Waals surface area contributed by atoms with Crippen LogP contribution < -0.4 is 21.9 Å². The molecule has 0 spiro atoms. The van der Waals surface area contributed by atoms with Gasteiger partial charge in [-0.05, 0) is 24.5 Å². The Kier molecular flexibility index (Phi) is 7.79. The van der Waals surface area contributed by atoms with Crippen LogP contribution in [0, 0.1) is 5.92 Å². The lowest BCUT2D eigenvalue weighted by Crippen LogP contribution is -2.42. The van der Waals surface area contributed by atoms with Crippen molar-refractivity contribution in [3.8, 4) is 11.6 Å². The number of anilines is 2. The molecule has 0 radical (unpaired) electrons. The van der Waals surface area contributed by atoms with Crippen LogP contribution in [-0.2, 0) is 18.4 Å². The lowest BCUT2D eigenvalue weighted by atomic mass is 10.2. The fourth-order valence-corrected chi connectivity index (χ4v) is 4.11. The minimum atomic E-state index is -0.675. The van der Waals surface area contributed by atoms with Crippen molar-refractivity contribution < 1.29 is 9.21 Å². The summed E-state index contributed by atoms with van der Waals surface area (Å²) >= 11 is 1.19. The van der Waals surface area contributed by atoms with Crippen molar-refractivity contribution in [1.29, 1.82) is 0 Å². The summed E-state index contributed by atoms with van der Waals surface area (Å²) in [4.78, 5) is 41.9. The van der Waals surface area contributed by atoms with Gasteiger partial charge in [0, 0.05) is 20.1 Å². The van der Waals surface area contributed by atoms with E-state index in [1.54, 1.807) is 30.0 Å². The first kappa shape index (κ1) is 24.4. The van der Waals surface area contributed by atoms with Crippen molar-refractivity contribution in [2.24, 2.45) is 13.0 Å². The summed E-state index contributed by atoms with van der Waals surface area (Å²) in [5.74, 6) is 0.918. The van der Waals surface area contributed by atoms with E-state index in [2.05, 4.69) is 15.2 Å². The van der Waals surface area contributed by atoms with Crippen LogP contribution in [0.25, 0.3) is 11.6 Å². The summed E-state index contributed by atoms with van der Waals surface area (Å²) in [6.45, 7) is 6.49. The van der Waals surface area contributed by atoms with Crippen molar-refractivity contribution in [2.75, 3.05) is 22.9 Å². The van der Waals surface area contributed by atoms with Gasteiger partial charge >= 0.3 is 5.69 Å². The van der Waals surface area contributed by atoms with E-state index < -0.39 is 11.2 Å². The number of nitrogens with two attached hydrogens (primary N) is 1. The van der Waals surface area contributed by atoms with Crippen LogP contribution in [0.4, 0.5) is 11.5 Å². The van der Waals surface area contributed by atoms with Crippen LogP contribution in [0.15, 0.2) is 37.6 Å². The van der Waals surface area contributed by atoms with Gasteiger partial charge in [0.05, 0.1) is 12.0 Å². The average molecular weight is 476 g/mol. The van der Waals surface area contributed by atoms with Crippen molar-refractivity contribution in [3.05, 3.63) is 39.2 Å². The number of carbonyl (C=O) groups excluding carboxylic acids is 1. The number of aromatic amines is 1. The van der Waals surface area contributed by atoms with Gasteiger partial charge in [-0.1, -0.05) is 39.0 Å². The van der Waals surface area contributed by atoms with Gasteiger partial charge in [-0.2, -0.15) is 0 Å². The van der Waals surface area contributed by atoms with E-state index in [-0.39, 0.29) is 29.1 Å². The Morgan fingerprint density at radius 2 is 2.09 bits per heavy atom. The largest absolute Gasteiger partial charge is 0.461 e. The molecule has 0 saturated carbocycles. The van der Waals surface area contributed by atoms with Gasteiger partial charge in [-0.3, -0.25) is 19.1 Å². The van der Waals surface area contributed by atoms with Crippen LogP contribution >= 0.6 is 11.8 Å². The zero-order chi connectivity index (χ0) is 24.1. The highest BCUT2D eigenvalue weighted by atomic mass is 32.2. The van der Waals surface area contributed by atoms with Gasteiger partial charge < -0.3 is 19.6 Å². The quantitative estimate of drug-likeness (QED) is 0.424. The first-order valence-electron chi connectivity index (χ1n) is 10.7. The third-order valence-corrected chi connectivity index (χ3v) is 5.97. The molecule has 0 aliphatic carbocycles. The topological polar surface area (TPSA) is 145 Å². The second-order valence-electron chi connectivity index (χ2n) is 8.03. The number of nitrogens with one attached hydrogen (secondary N) is 1. The predicted molar refractivity (Wildman–Crippen MR) is 127 cm³/mol. The molecule has 3 aromatic rings. The van der Waals surface area contributed by atoms with Crippen molar-refractivity contribution in [3.63, 3.8) is 0 Å². The molecule has 3 heterocycles. The van der Waals surface area contributed by atoms with Gasteiger partial charge in [0.2, 0.25) is 5.91 Å². The number of hydrogen-bond acceptors (Lipinski definition) is 8. The minimum absolute atomic E-state index is 0.00328. The minimum Gasteiger partial charge on any atom is -0.461 e. The molecule has 33 heavy (non-hydrogen) atoms. The Bertz CT molecular complexity index is 1210. The number of H-pyrrole nitrogens is 1. The predicted octanol–water partition coefficient (Wildman–Crippen LogP) is 2.09. The summed E-state index contributed by atoms with van der Waals surface area (Å²) in [6, 6.07) is 3.53. The van der Waals surface area contributed by atoms with Crippen molar-refractivity contribution in [2.45, 2.75) is 45.3 Å². The smallest absolute Gasteiger partial charge is 0.330 e. The number of carbonyl (C=O) groups is 1. The molecule has 178 valence electrons. The Balaban J connectivity index is 1.87. The molecule has 3 N–H and O–H groups in total. The van der Waals surface area contributed by atoms with Gasteiger partial charge in [-0.15, -0.1) is 10.2 Å². The number of nitrogen functional groups attached to an aromatic ring is 1. The first-order valence-corrected chi connectivity index (χ1v) is 11.7. The fraction of sp³-hybridized carbons (Fsp3) is 0.476. The number of hydrogen-bond donors (Lipinski definition) is 2. The van der Waals surface area contributed by atoms with Gasteiger partial charge in [0.25, 0.3) is 5.56 Å². The first-order chi connectivity index (χ1) is 15.7. The van der Waals surface area contributed by atoms with Crippen LogP contribution in [-0.4, -0.2) is 42.5 Å². The van der Waals surface area contributed by atoms with Crippen LogP contribution in [0.1, 0.15) is 33.6 Å². The van der Waals surface area contributed by atoms with E-state index in [9.17, 15) is 14.4 Å². The molecule has 3 rings (SSSR count). The molecule has 0 unspecified atom stereocenters. The number of rotatable bonds is 10. The maximum Gasteiger partial charge on any atom is 0.330 e. The zero-order valence-electron chi connectivity index (χ0n) is 19.2. The third-order valence-electron chi connectivity index (χ3n) is 4.97. The molecule has 0 aliphatic heterocycles. The summed E-state index contributed by atoms with van der Waals surface area (Å²) < 4.78 is 8.40. The molecule has 12 heteroatoms. The number of furan rings is 1. The van der Waals surface area contributed by atoms with Gasteiger partial charge in [-0.25, -0.2) is 4.79 Å². The molecule has 0 aromatic carbocycles. The Morgan fingerprint density at radius 1 is 1.33 bits per heavy atom. The molecular formula is C21H29N7O4S. The summed E-state index contributed by atoms with van der Waals surface area (Å²) in [5.41, 5.74) is 4.98. The molecule has 1 amide bonds. The Morgan fingerprint density at radius 3 is 2.73 bits per heavy atom. The number of aromatic nitrogens is 5. The SMILES string of the molecule is CCCCN(C(=O)CSc1nnc(-c2ccco2)n1C)c1c(N)n(CC(C)C)c(=O)[nH]c1=O. The number of unbranched alkanes of at least 4 members (excludes halogenated alkanes) is 1. The molecule has 0 saturated heterocycles. The molecule has 0 bridgehead atoms. The van der Waals surface area contributed by atoms with E-state index in [0.717, 1.165) is 6.42 Å². The second-order valence-corrected chi connectivity index (χ2v) is 8.97. The molecule has 0 aliphatic rings. The Labute approximate surface area is 195 Å². The van der Waals surface area contributed by atoms with Gasteiger partial charge in [0.1, 0.15) is 5.82 Å². The van der Waals surface area contributed by atoms with Gasteiger partial charge in [0.15, 0.2) is 22.4 Å². The summed E-state index contributed by atoms with van der Waals surface area (Å²) in [5, 5.41) is 8.79. The maximum absolute atomic E-state index is 13.2. The molecule has 11 nitrogen and oxygen atoms in total. The van der Waals surface area contributed by atoms with E-state index >= 15 is 0 Å². The van der Waals surface area contributed by atoms with Crippen LogP contribution in [0.2, 0.25) is 0 Å². The Hall–Kier alpha value is -3.28. The highest BCUT2D eigenvalue weighted by Gasteiger charge is 2.25. The number of amides is 1. The highest BCUT2D eigenvalue weighted by Crippen LogP contribution is 2.25. The normalized spacial score (nSPS) is 11.3. The van der Waals surface area contributed by atoms with Crippen molar-refractivity contribution >= 4 is 29.2 Å². The standard InChI is InChI=1S/C21H29N7O4S/c1-5-6-9-27(16-17(22)28(11-13(2)3)20(31)23-19(16)30)15(29)12-33-21-25-24-18(26(21)4)14-8-7-10-32-14/h7-8,10,13H,5-6,9,11-12,22H2,1-4H3,(H,23,30,31). The van der Waals surface area contributed by atoms with Crippen molar-refractivity contribution in [1.82, 2.24) is 24.3 Å². The van der Waals surface area contributed by atoms with E-state index in [1.165, 1.54) is 21.2 Å². The van der Waals surface area contributed by atoms with E-state index in [0.29, 0.717) is 36.3 Å². The zero-order valence-corrected chi connectivity index (χ0v) is 20.0. The lowest BCUT2D eigenvalue weighted by molar-refractivity contribution is -0.116. The number of nitrogens with zero attached hydrogens (tertiary/aromatic N) is 5. The van der Waals surface area contributed by atoms with E-state index in [4.69, 9.17) is 10.2 Å². The molecule has 3 aromatic heterocycles. The summed E-state index contributed by atoms with van der Waals surface area (Å²) in [6.07, 6.45) is 3.04. The number of thioether (sulfide) groups is 1. The van der Waals surface area contributed by atoms with Crippen LogP contribution in [0.5, 0.6) is 0 Å². The van der Waals surface area contributed by atoms with Crippen LogP contribution in [0.3, 0.4) is 0 Å².